The Balaban J connectivity index is 3.13. The van der Waals surface area contributed by atoms with Gasteiger partial charge in [0.25, 0.3) is 0 Å². The first-order valence-electron chi connectivity index (χ1n) is 6.50. The van der Waals surface area contributed by atoms with Crippen molar-refractivity contribution in [2.45, 2.75) is 33.8 Å². The Morgan fingerprint density at radius 3 is 2.47 bits per heavy atom. The molecule has 3 nitrogen and oxygen atoms in total. The molecule has 0 spiro atoms. The van der Waals surface area contributed by atoms with Crippen molar-refractivity contribution >= 4 is 17.0 Å². The standard InChI is InChI=1S/C16H23NO2/c1-10(2)19-9-12(4)15-8-14(13(5)18)11(3)7-16(15)17-6/h7-8,10,17H,4,9H2,1-3,5-6H3. The number of rotatable bonds is 6. The lowest BCUT2D eigenvalue weighted by atomic mass is 9.96. The van der Waals surface area contributed by atoms with Crippen LogP contribution in [0.5, 0.6) is 0 Å². The third-order valence-electron chi connectivity index (χ3n) is 2.98. The molecule has 0 atom stereocenters. The van der Waals surface area contributed by atoms with Crippen molar-refractivity contribution in [3.63, 3.8) is 0 Å². The summed E-state index contributed by atoms with van der Waals surface area (Å²) >= 11 is 0. The lowest BCUT2D eigenvalue weighted by molar-refractivity contribution is 0.101. The van der Waals surface area contributed by atoms with Crippen molar-refractivity contribution in [3.05, 3.63) is 35.4 Å². The number of carbonyl (C=O) groups excluding carboxylic acids is 1. The van der Waals surface area contributed by atoms with Gasteiger partial charge in [-0.25, -0.2) is 0 Å². The summed E-state index contributed by atoms with van der Waals surface area (Å²) in [4.78, 5) is 11.6. The molecule has 0 aliphatic carbocycles. The van der Waals surface area contributed by atoms with Crippen LogP contribution in [0.25, 0.3) is 5.57 Å². The van der Waals surface area contributed by atoms with Crippen LogP contribution < -0.4 is 5.32 Å². The van der Waals surface area contributed by atoms with Crippen LogP contribution in [0, 0.1) is 6.92 Å². The van der Waals surface area contributed by atoms with Crippen molar-refractivity contribution < 1.29 is 9.53 Å². The molecule has 0 radical (unpaired) electrons. The van der Waals surface area contributed by atoms with Gasteiger partial charge in [-0.15, -0.1) is 0 Å². The Bertz CT molecular complexity index is 490. The van der Waals surface area contributed by atoms with E-state index in [1.165, 1.54) is 0 Å². The molecule has 0 aliphatic rings. The van der Waals surface area contributed by atoms with Crippen LogP contribution in [0.4, 0.5) is 5.69 Å². The van der Waals surface area contributed by atoms with Gasteiger partial charge in [-0.05, 0) is 51.0 Å². The van der Waals surface area contributed by atoms with Gasteiger partial charge >= 0.3 is 0 Å². The van der Waals surface area contributed by atoms with Gasteiger partial charge in [0.15, 0.2) is 5.78 Å². The Morgan fingerprint density at radius 2 is 2.00 bits per heavy atom. The van der Waals surface area contributed by atoms with Crippen molar-refractivity contribution in [1.82, 2.24) is 0 Å². The highest BCUT2D eigenvalue weighted by molar-refractivity contribution is 5.97. The van der Waals surface area contributed by atoms with E-state index in [0.717, 1.165) is 28.0 Å². The highest BCUT2D eigenvalue weighted by atomic mass is 16.5. The molecule has 0 heterocycles. The molecule has 19 heavy (non-hydrogen) atoms. The largest absolute Gasteiger partial charge is 0.388 e. The molecule has 1 N–H and O–H groups in total. The monoisotopic (exact) mass is 261 g/mol. The van der Waals surface area contributed by atoms with Crippen LogP contribution in [-0.2, 0) is 4.74 Å². The van der Waals surface area contributed by atoms with Crippen LogP contribution >= 0.6 is 0 Å². The van der Waals surface area contributed by atoms with Crippen molar-refractivity contribution in [2.24, 2.45) is 0 Å². The number of ether oxygens (including phenoxy) is 1. The molecule has 0 aliphatic heterocycles. The number of ketones is 1. The van der Waals surface area contributed by atoms with E-state index < -0.39 is 0 Å². The van der Waals surface area contributed by atoms with Crippen LogP contribution in [0.15, 0.2) is 18.7 Å². The topological polar surface area (TPSA) is 38.3 Å². The van der Waals surface area contributed by atoms with Crippen molar-refractivity contribution in [3.8, 4) is 0 Å². The predicted molar refractivity (Wildman–Crippen MR) is 80.9 cm³/mol. The lowest BCUT2D eigenvalue weighted by Gasteiger charge is -2.16. The summed E-state index contributed by atoms with van der Waals surface area (Å²) in [6.07, 6.45) is 0.160. The normalized spacial score (nSPS) is 10.6. The second-order valence-electron chi connectivity index (χ2n) is 4.98. The summed E-state index contributed by atoms with van der Waals surface area (Å²) in [5, 5.41) is 3.14. The zero-order valence-electron chi connectivity index (χ0n) is 12.5. The summed E-state index contributed by atoms with van der Waals surface area (Å²) in [5.41, 5.74) is 4.50. The van der Waals surface area contributed by atoms with Gasteiger partial charge in [-0.1, -0.05) is 6.58 Å². The SMILES string of the molecule is C=C(COC(C)C)c1cc(C(C)=O)c(C)cc1NC. The zero-order chi connectivity index (χ0) is 14.6. The maximum Gasteiger partial charge on any atom is 0.160 e. The minimum absolute atomic E-state index is 0.0685. The molecule has 1 aromatic rings. The number of anilines is 1. The van der Waals surface area contributed by atoms with Crippen molar-refractivity contribution in [2.75, 3.05) is 19.0 Å². The average Bonchev–Trinajstić information content (AvgIpc) is 2.34. The minimum atomic E-state index is 0.0685. The van der Waals surface area contributed by atoms with E-state index in [2.05, 4.69) is 11.9 Å². The summed E-state index contributed by atoms with van der Waals surface area (Å²) in [6, 6.07) is 3.88. The highest BCUT2D eigenvalue weighted by Gasteiger charge is 2.12. The first-order valence-corrected chi connectivity index (χ1v) is 6.50. The molecule has 0 fully saturated rings. The quantitative estimate of drug-likeness (QED) is 0.794. The summed E-state index contributed by atoms with van der Waals surface area (Å²) < 4.78 is 5.58. The average molecular weight is 261 g/mol. The lowest BCUT2D eigenvalue weighted by Crippen LogP contribution is -2.08. The Kier molecular flexibility index (Phi) is 5.31. The molecule has 0 aromatic heterocycles. The number of aryl methyl sites for hydroxylation is 1. The first kappa shape index (κ1) is 15.4. The number of nitrogens with one attached hydrogen (secondary N) is 1. The van der Waals surface area contributed by atoms with Gasteiger partial charge in [-0.3, -0.25) is 4.79 Å². The summed E-state index contributed by atoms with van der Waals surface area (Å²) in [7, 11) is 1.86. The molecule has 1 aromatic carbocycles. The molecular weight excluding hydrogens is 238 g/mol. The van der Waals surface area contributed by atoms with Gasteiger partial charge in [0.2, 0.25) is 0 Å². The van der Waals surface area contributed by atoms with Crippen LogP contribution in [-0.4, -0.2) is 25.5 Å². The third kappa shape index (κ3) is 3.93. The first-order chi connectivity index (χ1) is 8.86. The Morgan fingerprint density at radius 1 is 1.37 bits per heavy atom. The van der Waals surface area contributed by atoms with Crippen LogP contribution in [0.3, 0.4) is 0 Å². The van der Waals surface area contributed by atoms with Gasteiger partial charge in [0, 0.05) is 23.9 Å². The summed E-state index contributed by atoms with van der Waals surface area (Å²) in [5.74, 6) is 0.0685. The Labute approximate surface area is 115 Å². The fourth-order valence-electron chi connectivity index (χ4n) is 1.93. The van der Waals surface area contributed by atoms with Crippen LogP contribution in [0.2, 0.25) is 0 Å². The van der Waals surface area contributed by atoms with Gasteiger partial charge in [0.1, 0.15) is 0 Å². The van der Waals surface area contributed by atoms with E-state index >= 15 is 0 Å². The van der Waals surface area contributed by atoms with Crippen molar-refractivity contribution in [1.29, 1.82) is 0 Å². The van der Waals surface area contributed by atoms with E-state index in [-0.39, 0.29) is 11.9 Å². The maximum atomic E-state index is 11.6. The molecule has 104 valence electrons. The molecule has 0 unspecified atom stereocenters. The van der Waals surface area contributed by atoms with E-state index in [1.54, 1.807) is 6.92 Å². The second-order valence-corrected chi connectivity index (χ2v) is 4.98. The van der Waals surface area contributed by atoms with E-state index in [4.69, 9.17) is 4.74 Å². The maximum absolute atomic E-state index is 11.6. The van der Waals surface area contributed by atoms with Gasteiger partial charge < -0.3 is 10.1 Å². The van der Waals surface area contributed by atoms with Gasteiger partial charge in [-0.2, -0.15) is 0 Å². The molecule has 3 heteroatoms. The molecule has 1 rings (SSSR count). The molecule has 0 saturated carbocycles. The zero-order valence-corrected chi connectivity index (χ0v) is 12.5. The number of Topliss-reactive ketones (excluding diaryl/α,β-unsaturated/α-hetero) is 1. The molecule has 0 bridgehead atoms. The smallest absolute Gasteiger partial charge is 0.160 e. The third-order valence-corrected chi connectivity index (χ3v) is 2.98. The highest BCUT2D eigenvalue weighted by Crippen LogP contribution is 2.27. The summed E-state index contributed by atoms with van der Waals surface area (Å²) in [6.45, 7) is 12.0. The number of hydrogen-bond acceptors (Lipinski definition) is 3. The van der Waals surface area contributed by atoms with E-state index in [1.807, 2.05) is 40.0 Å². The Hall–Kier alpha value is -1.61. The molecule has 0 amide bonds. The fraction of sp³-hybridized carbons (Fsp3) is 0.438. The van der Waals surface area contributed by atoms with E-state index in [0.29, 0.717) is 6.61 Å². The number of carbonyl (C=O) groups is 1. The molecule has 0 saturated heterocycles. The predicted octanol–water partition coefficient (Wildman–Crippen LogP) is 3.68. The fourth-order valence-corrected chi connectivity index (χ4v) is 1.93. The number of hydrogen-bond donors (Lipinski definition) is 1. The minimum Gasteiger partial charge on any atom is -0.388 e. The second kappa shape index (κ2) is 6.53. The van der Waals surface area contributed by atoms with Gasteiger partial charge in [0.05, 0.1) is 12.7 Å². The van der Waals surface area contributed by atoms with Crippen LogP contribution in [0.1, 0.15) is 42.3 Å². The molecular formula is C16H23NO2. The number of benzene rings is 1. The van der Waals surface area contributed by atoms with E-state index in [9.17, 15) is 4.79 Å².